The van der Waals surface area contributed by atoms with E-state index >= 15 is 0 Å². The van der Waals surface area contributed by atoms with Crippen molar-refractivity contribution >= 4 is 27.3 Å². The molecule has 0 amide bonds. The van der Waals surface area contributed by atoms with Crippen LogP contribution in [0.5, 0.6) is 0 Å². The molecule has 0 saturated carbocycles. The van der Waals surface area contributed by atoms with Crippen LogP contribution < -0.4 is 0 Å². The number of carboxylic acids is 1. The number of carboxylic acid groups (broad SMARTS) is 1. The predicted octanol–water partition coefficient (Wildman–Crippen LogP) is 1.38. The van der Waals surface area contributed by atoms with Gasteiger partial charge in [-0.25, -0.2) is 8.42 Å². The van der Waals surface area contributed by atoms with Crippen LogP contribution in [0.1, 0.15) is 19.3 Å². The smallest absolute Gasteiger partial charge is 0.322 e. The average Bonchev–Trinajstić information content (AvgIpc) is 2.83. The molecule has 1 aliphatic heterocycles. The Bertz CT molecular complexity index is 494. The van der Waals surface area contributed by atoms with E-state index in [1.807, 2.05) is 0 Å². The van der Waals surface area contributed by atoms with Gasteiger partial charge in [-0.1, -0.05) is 6.07 Å². The summed E-state index contributed by atoms with van der Waals surface area (Å²) >= 11 is 1.11. The number of thiophene rings is 1. The summed E-state index contributed by atoms with van der Waals surface area (Å²) in [5, 5.41) is 10.7. The van der Waals surface area contributed by atoms with E-state index in [-0.39, 0.29) is 10.8 Å². The van der Waals surface area contributed by atoms with Gasteiger partial charge >= 0.3 is 5.97 Å². The second-order valence-electron chi connectivity index (χ2n) is 3.90. The van der Waals surface area contributed by atoms with Crippen LogP contribution in [-0.4, -0.2) is 36.4 Å². The van der Waals surface area contributed by atoms with Gasteiger partial charge in [0.05, 0.1) is 0 Å². The molecule has 7 heteroatoms. The number of carbonyl (C=O) groups is 1. The lowest BCUT2D eigenvalue weighted by molar-refractivity contribution is -0.142. The third kappa shape index (κ3) is 2.36. The van der Waals surface area contributed by atoms with E-state index in [1.54, 1.807) is 11.4 Å². The number of sulfonamides is 1. The molecule has 1 aliphatic rings. The molecule has 0 bridgehead atoms. The minimum atomic E-state index is -3.64. The first kappa shape index (κ1) is 12.5. The number of piperidine rings is 1. The minimum absolute atomic E-state index is 0.214. The molecule has 0 aliphatic carbocycles. The molecule has 94 valence electrons. The maximum absolute atomic E-state index is 12.2. The maximum Gasteiger partial charge on any atom is 0.322 e. The fraction of sp³-hybridized carbons (Fsp3) is 0.500. The Hall–Kier alpha value is -0.920. The van der Waals surface area contributed by atoms with Crippen molar-refractivity contribution in [3.8, 4) is 0 Å². The van der Waals surface area contributed by atoms with Gasteiger partial charge in [-0.3, -0.25) is 4.79 Å². The minimum Gasteiger partial charge on any atom is -0.480 e. The van der Waals surface area contributed by atoms with E-state index in [2.05, 4.69) is 0 Å². The highest BCUT2D eigenvalue weighted by atomic mass is 32.2. The summed E-state index contributed by atoms with van der Waals surface area (Å²) in [5.74, 6) is -1.06. The largest absolute Gasteiger partial charge is 0.480 e. The van der Waals surface area contributed by atoms with Gasteiger partial charge in [0.2, 0.25) is 0 Å². The molecule has 0 aromatic carbocycles. The molecular weight excluding hydrogens is 262 g/mol. The number of rotatable bonds is 3. The van der Waals surface area contributed by atoms with E-state index in [9.17, 15) is 13.2 Å². The molecular formula is C10H13NO4S2. The fourth-order valence-electron chi connectivity index (χ4n) is 1.97. The van der Waals surface area contributed by atoms with Crippen LogP contribution in [0, 0.1) is 0 Å². The Morgan fingerprint density at radius 3 is 2.82 bits per heavy atom. The predicted molar refractivity (Wildman–Crippen MR) is 63.5 cm³/mol. The molecule has 1 fully saturated rings. The Morgan fingerprint density at radius 2 is 2.24 bits per heavy atom. The number of hydrogen-bond acceptors (Lipinski definition) is 4. The van der Waals surface area contributed by atoms with Crippen molar-refractivity contribution < 1.29 is 18.3 Å². The lowest BCUT2D eigenvalue weighted by Crippen LogP contribution is -2.47. The number of aliphatic carboxylic acids is 1. The van der Waals surface area contributed by atoms with Crippen molar-refractivity contribution in [2.75, 3.05) is 6.54 Å². The van der Waals surface area contributed by atoms with Crippen molar-refractivity contribution in [1.82, 2.24) is 4.31 Å². The van der Waals surface area contributed by atoms with Gasteiger partial charge in [0.25, 0.3) is 10.0 Å². The lowest BCUT2D eigenvalue weighted by atomic mass is 10.1. The first-order valence-corrected chi connectivity index (χ1v) is 7.63. The van der Waals surface area contributed by atoms with Crippen LogP contribution >= 0.6 is 11.3 Å². The fourth-order valence-corrected chi connectivity index (χ4v) is 4.74. The highest BCUT2D eigenvalue weighted by Gasteiger charge is 2.37. The van der Waals surface area contributed by atoms with Crippen molar-refractivity contribution in [3.05, 3.63) is 17.5 Å². The first-order chi connectivity index (χ1) is 8.03. The monoisotopic (exact) mass is 275 g/mol. The van der Waals surface area contributed by atoms with Gasteiger partial charge in [-0.05, 0) is 30.7 Å². The van der Waals surface area contributed by atoms with Crippen LogP contribution in [0.15, 0.2) is 21.7 Å². The molecule has 5 nitrogen and oxygen atoms in total. The summed E-state index contributed by atoms with van der Waals surface area (Å²) in [6.45, 7) is 0.289. The van der Waals surface area contributed by atoms with Gasteiger partial charge in [-0.15, -0.1) is 11.3 Å². The summed E-state index contributed by atoms with van der Waals surface area (Å²) in [6, 6.07) is 2.24. The molecule has 0 radical (unpaired) electrons. The highest BCUT2D eigenvalue weighted by molar-refractivity contribution is 7.91. The molecule has 1 aromatic rings. The van der Waals surface area contributed by atoms with Crippen molar-refractivity contribution in [3.63, 3.8) is 0 Å². The summed E-state index contributed by atoms with van der Waals surface area (Å²) < 4.78 is 25.8. The summed E-state index contributed by atoms with van der Waals surface area (Å²) in [4.78, 5) is 11.1. The lowest BCUT2D eigenvalue weighted by Gasteiger charge is -2.31. The third-order valence-electron chi connectivity index (χ3n) is 2.80. The molecule has 2 rings (SSSR count). The van der Waals surface area contributed by atoms with Crippen LogP contribution in [0.2, 0.25) is 0 Å². The van der Waals surface area contributed by atoms with Gasteiger partial charge in [0, 0.05) is 6.54 Å². The van der Waals surface area contributed by atoms with E-state index in [0.29, 0.717) is 12.8 Å². The van der Waals surface area contributed by atoms with Crippen LogP contribution in [0.4, 0.5) is 0 Å². The molecule has 1 saturated heterocycles. The number of hydrogen-bond donors (Lipinski definition) is 1. The topological polar surface area (TPSA) is 74.7 Å². The van der Waals surface area contributed by atoms with E-state index < -0.39 is 22.0 Å². The average molecular weight is 275 g/mol. The van der Waals surface area contributed by atoms with E-state index in [4.69, 9.17) is 5.11 Å². The van der Waals surface area contributed by atoms with Gasteiger partial charge in [0.1, 0.15) is 10.3 Å². The first-order valence-electron chi connectivity index (χ1n) is 5.31. The second-order valence-corrected chi connectivity index (χ2v) is 6.96. The van der Waals surface area contributed by atoms with Crippen LogP contribution in [0.25, 0.3) is 0 Å². The Morgan fingerprint density at radius 1 is 1.47 bits per heavy atom. The molecule has 1 N–H and O–H groups in total. The third-order valence-corrected chi connectivity index (χ3v) is 6.08. The van der Waals surface area contributed by atoms with Crippen molar-refractivity contribution in [1.29, 1.82) is 0 Å². The quantitative estimate of drug-likeness (QED) is 0.904. The Labute approximate surface area is 104 Å². The zero-order valence-corrected chi connectivity index (χ0v) is 10.7. The van der Waals surface area contributed by atoms with Crippen molar-refractivity contribution in [2.24, 2.45) is 0 Å². The molecule has 1 atom stereocenters. The van der Waals surface area contributed by atoms with E-state index in [0.717, 1.165) is 22.1 Å². The zero-order chi connectivity index (χ0) is 12.5. The van der Waals surface area contributed by atoms with Gasteiger partial charge in [0.15, 0.2) is 0 Å². The summed E-state index contributed by atoms with van der Waals surface area (Å²) in [6.07, 6.45) is 1.86. The summed E-state index contributed by atoms with van der Waals surface area (Å²) in [5.41, 5.74) is 0. The number of nitrogens with zero attached hydrogens (tertiary/aromatic N) is 1. The molecule has 0 unspecified atom stereocenters. The van der Waals surface area contributed by atoms with Crippen LogP contribution in [-0.2, 0) is 14.8 Å². The molecule has 17 heavy (non-hydrogen) atoms. The van der Waals surface area contributed by atoms with Gasteiger partial charge < -0.3 is 5.11 Å². The van der Waals surface area contributed by atoms with Crippen molar-refractivity contribution in [2.45, 2.75) is 29.5 Å². The summed E-state index contributed by atoms with van der Waals surface area (Å²) in [7, 11) is -3.64. The van der Waals surface area contributed by atoms with Gasteiger partial charge in [-0.2, -0.15) is 4.31 Å². The molecule has 1 aromatic heterocycles. The second kappa shape index (κ2) is 4.75. The highest BCUT2D eigenvalue weighted by Crippen LogP contribution is 2.27. The normalized spacial score (nSPS) is 22.5. The SMILES string of the molecule is O=C(O)[C@H]1CCCCN1S(=O)(=O)c1cccs1. The Kier molecular flexibility index (Phi) is 3.50. The Balaban J connectivity index is 2.34. The van der Waals surface area contributed by atoms with Crippen LogP contribution in [0.3, 0.4) is 0 Å². The zero-order valence-electron chi connectivity index (χ0n) is 9.07. The molecule has 0 spiro atoms. The maximum atomic E-state index is 12.2. The molecule has 2 heterocycles. The standard InChI is InChI=1S/C10H13NO4S2/c12-10(13)8-4-1-2-6-11(8)17(14,15)9-5-3-7-16-9/h3,5,7-8H,1-2,4,6H2,(H,12,13)/t8-/m1/s1. The van der Waals surface area contributed by atoms with E-state index in [1.165, 1.54) is 6.07 Å².